The van der Waals surface area contributed by atoms with Gasteiger partial charge in [0.05, 0.1) is 6.04 Å². The zero-order valence-corrected chi connectivity index (χ0v) is 17.1. The van der Waals surface area contributed by atoms with Crippen LogP contribution in [0, 0.1) is 0 Å². The molecule has 1 amide bonds. The number of benzene rings is 2. The molecule has 4 rings (SSSR count). The zero-order valence-electron chi connectivity index (χ0n) is 16.3. The van der Waals surface area contributed by atoms with Crippen LogP contribution >= 0.6 is 11.3 Å². The number of carbonyl (C=O) groups excluding carboxylic acids is 1. The fourth-order valence-electron chi connectivity index (χ4n) is 3.83. The molecular weight excluding hydrogens is 366 g/mol. The quantitative estimate of drug-likeness (QED) is 0.685. The van der Waals surface area contributed by atoms with Crippen molar-refractivity contribution in [2.75, 3.05) is 38.0 Å². The van der Waals surface area contributed by atoms with E-state index in [1.165, 1.54) is 4.88 Å². The molecule has 0 aliphatic carbocycles. The summed E-state index contributed by atoms with van der Waals surface area (Å²) in [5, 5.41) is 7.52. The van der Waals surface area contributed by atoms with Crippen molar-refractivity contribution in [1.82, 2.24) is 9.80 Å². The Labute approximate surface area is 170 Å². The summed E-state index contributed by atoms with van der Waals surface area (Å²) in [5.74, 6) is 0.0726. The number of thiophene rings is 1. The summed E-state index contributed by atoms with van der Waals surface area (Å²) in [7, 11) is 0. The molecular formula is C23H27N3OS. The van der Waals surface area contributed by atoms with Crippen LogP contribution in [-0.2, 0) is 11.2 Å². The molecule has 4 nitrogen and oxygen atoms in total. The lowest BCUT2D eigenvalue weighted by atomic mass is 10.1. The average molecular weight is 394 g/mol. The number of nitrogens with zero attached hydrogens (tertiary/aromatic N) is 2. The largest absolute Gasteiger partial charge is 0.324 e. The summed E-state index contributed by atoms with van der Waals surface area (Å²) < 4.78 is 0. The number of amides is 1. The minimum Gasteiger partial charge on any atom is -0.324 e. The van der Waals surface area contributed by atoms with E-state index in [4.69, 9.17) is 0 Å². The highest BCUT2D eigenvalue weighted by Gasteiger charge is 2.25. The molecule has 1 atom stereocenters. The van der Waals surface area contributed by atoms with Gasteiger partial charge in [0.25, 0.3) is 0 Å². The molecule has 1 unspecified atom stereocenters. The van der Waals surface area contributed by atoms with E-state index in [0.29, 0.717) is 0 Å². The van der Waals surface area contributed by atoms with Crippen molar-refractivity contribution >= 4 is 33.7 Å². The predicted octanol–water partition coefficient (Wildman–Crippen LogP) is 4.09. The lowest BCUT2D eigenvalue weighted by Crippen LogP contribution is -2.53. The molecule has 5 heteroatoms. The average Bonchev–Trinajstić information content (AvgIpc) is 3.26. The van der Waals surface area contributed by atoms with Gasteiger partial charge in [-0.1, -0.05) is 42.5 Å². The number of hydrogen-bond acceptors (Lipinski definition) is 4. The van der Waals surface area contributed by atoms with Gasteiger partial charge in [-0.15, -0.1) is 11.3 Å². The summed E-state index contributed by atoms with van der Waals surface area (Å²) in [4.78, 5) is 19.1. The Bertz CT molecular complexity index is 911. The molecule has 0 saturated carbocycles. The van der Waals surface area contributed by atoms with Gasteiger partial charge in [-0.2, -0.15) is 0 Å². The van der Waals surface area contributed by atoms with Gasteiger partial charge in [0.2, 0.25) is 5.91 Å². The van der Waals surface area contributed by atoms with Crippen LogP contribution in [0.5, 0.6) is 0 Å². The first-order valence-corrected chi connectivity index (χ1v) is 10.9. The monoisotopic (exact) mass is 393 g/mol. The molecule has 1 N–H and O–H groups in total. The van der Waals surface area contributed by atoms with Gasteiger partial charge in [-0.05, 0) is 36.2 Å². The summed E-state index contributed by atoms with van der Waals surface area (Å²) >= 11 is 1.83. The fraction of sp³-hybridized carbons (Fsp3) is 0.348. The van der Waals surface area contributed by atoms with Crippen LogP contribution in [0.1, 0.15) is 11.8 Å². The van der Waals surface area contributed by atoms with Crippen molar-refractivity contribution in [2.45, 2.75) is 19.4 Å². The fourth-order valence-corrected chi connectivity index (χ4v) is 4.53. The van der Waals surface area contributed by atoms with Crippen molar-refractivity contribution in [3.8, 4) is 0 Å². The van der Waals surface area contributed by atoms with Gasteiger partial charge in [-0.25, -0.2) is 0 Å². The van der Waals surface area contributed by atoms with Crippen LogP contribution in [0.25, 0.3) is 10.8 Å². The molecule has 0 bridgehead atoms. The van der Waals surface area contributed by atoms with E-state index in [-0.39, 0.29) is 11.9 Å². The maximum absolute atomic E-state index is 12.9. The maximum Gasteiger partial charge on any atom is 0.241 e. The number of carbonyl (C=O) groups is 1. The minimum atomic E-state index is -0.126. The summed E-state index contributed by atoms with van der Waals surface area (Å²) in [6.45, 7) is 7.05. The highest BCUT2D eigenvalue weighted by Crippen LogP contribution is 2.23. The standard InChI is InChI=1S/C23H27N3OS/c1-18(23(27)24-22-10-4-7-19-6-2-3-9-21(19)22)26-15-13-25(14-16-26)12-11-20-8-5-17-28-20/h2-10,17-18H,11-16H2,1H3,(H,24,27). The first-order valence-electron chi connectivity index (χ1n) is 9.98. The van der Waals surface area contributed by atoms with Crippen LogP contribution in [0.3, 0.4) is 0 Å². The van der Waals surface area contributed by atoms with E-state index in [9.17, 15) is 4.79 Å². The first kappa shape index (κ1) is 19.1. The molecule has 1 aromatic heterocycles. The van der Waals surface area contributed by atoms with E-state index >= 15 is 0 Å². The van der Waals surface area contributed by atoms with Crippen LogP contribution in [0.15, 0.2) is 60.0 Å². The molecule has 1 saturated heterocycles. The molecule has 3 aromatic rings. The van der Waals surface area contributed by atoms with Crippen molar-refractivity contribution in [1.29, 1.82) is 0 Å². The normalized spacial score (nSPS) is 16.9. The SMILES string of the molecule is CC(C(=O)Nc1cccc2ccccc12)N1CCN(CCc2cccs2)CC1. The molecule has 2 aromatic carbocycles. The van der Waals surface area contributed by atoms with Gasteiger partial charge in [0.15, 0.2) is 0 Å². The van der Waals surface area contributed by atoms with Crippen molar-refractivity contribution in [2.24, 2.45) is 0 Å². The third-order valence-electron chi connectivity index (χ3n) is 5.64. The van der Waals surface area contributed by atoms with E-state index in [2.05, 4.69) is 50.8 Å². The number of hydrogen-bond donors (Lipinski definition) is 1. The van der Waals surface area contributed by atoms with E-state index in [0.717, 1.165) is 55.6 Å². The van der Waals surface area contributed by atoms with Gasteiger partial charge >= 0.3 is 0 Å². The molecule has 1 aliphatic heterocycles. The van der Waals surface area contributed by atoms with Crippen molar-refractivity contribution in [3.63, 3.8) is 0 Å². The number of rotatable bonds is 6. The molecule has 0 spiro atoms. The first-order chi connectivity index (χ1) is 13.7. The van der Waals surface area contributed by atoms with Crippen molar-refractivity contribution in [3.05, 3.63) is 64.9 Å². The number of piperazine rings is 1. The Morgan fingerprint density at radius 2 is 1.82 bits per heavy atom. The Hall–Kier alpha value is -2.21. The third-order valence-corrected chi connectivity index (χ3v) is 6.57. The van der Waals surface area contributed by atoms with Gasteiger partial charge in [0.1, 0.15) is 0 Å². The summed E-state index contributed by atoms with van der Waals surface area (Å²) in [5.41, 5.74) is 0.893. The molecule has 1 aliphatic rings. The highest BCUT2D eigenvalue weighted by molar-refractivity contribution is 7.09. The third kappa shape index (κ3) is 4.43. The lowest BCUT2D eigenvalue weighted by molar-refractivity contribution is -0.121. The Morgan fingerprint density at radius 1 is 1.04 bits per heavy atom. The Morgan fingerprint density at radius 3 is 2.61 bits per heavy atom. The topological polar surface area (TPSA) is 35.6 Å². The predicted molar refractivity (Wildman–Crippen MR) is 118 cm³/mol. The second-order valence-electron chi connectivity index (χ2n) is 7.40. The second kappa shape index (κ2) is 8.86. The van der Waals surface area contributed by atoms with Gasteiger partial charge in [0, 0.05) is 48.7 Å². The molecule has 0 radical (unpaired) electrons. The van der Waals surface area contributed by atoms with E-state index in [1.54, 1.807) is 0 Å². The molecule has 1 fully saturated rings. The van der Waals surface area contributed by atoms with E-state index in [1.807, 2.05) is 42.5 Å². The van der Waals surface area contributed by atoms with Crippen LogP contribution in [0.2, 0.25) is 0 Å². The van der Waals surface area contributed by atoms with Gasteiger partial charge < -0.3 is 10.2 Å². The highest BCUT2D eigenvalue weighted by atomic mass is 32.1. The van der Waals surface area contributed by atoms with Gasteiger partial charge in [-0.3, -0.25) is 9.69 Å². The van der Waals surface area contributed by atoms with Crippen LogP contribution in [0.4, 0.5) is 5.69 Å². The maximum atomic E-state index is 12.9. The van der Waals surface area contributed by atoms with Crippen LogP contribution in [-0.4, -0.2) is 54.5 Å². The summed E-state index contributed by atoms with van der Waals surface area (Å²) in [6, 6.07) is 18.4. The second-order valence-corrected chi connectivity index (χ2v) is 8.43. The Balaban J connectivity index is 1.31. The zero-order chi connectivity index (χ0) is 19.3. The molecule has 28 heavy (non-hydrogen) atoms. The smallest absolute Gasteiger partial charge is 0.241 e. The number of fused-ring (bicyclic) bond motifs is 1. The van der Waals surface area contributed by atoms with E-state index < -0.39 is 0 Å². The number of nitrogens with one attached hydrogen (secondary N) is 1. The minimum absolute atomic E-state index is 0.0726. The molecule has 2 heterocycles. The van der Waals surface area contributed by atoms with Crippen molar-refractivity contribution < 1.29 is 4.79 Å². The molecule has 146 valence electrons. The lowest BCUT2D eigenvalue weighted by Gasteiger charge is -2.37. The van der Waals surface area contributed by atoms with Crippen LogP contribution < -0.4 is 5.32 Å². The Kier molecular flexibility index (Phi) is 6.05. The number of anilines is 1. The summed E-state index contributed by atoms with van der Waals surface area (Å²) in [6.07, 6.45) is 1.12.